The van der Waals surface area contributed by atoms with Gasteiger partial charge in [0, 0.05) is 6.42 Å². The van der Waals surface area contributed by atoms with E-state index >= 15 is 0 Å². The molecule has 0 aliphatic carbocycles. The van der Waals surface area contributed by atoms with Crippen LogP contribution in [0, 0.1) is 5.41 Å². The van der Waals surface area contributed by atoms with Crippen LogP contribution in [0.2, 0.25) is 0 Å². The number of nitrogens with two attached hydrogens (primary N) is 1. The van der Waals surface area contributed by atoms with Crippen LogP contribution < -0.4 is 5.73 Å². The second-order valence-electron chi connectivity index (χ2n) is 4.75. The number of aromatic nitrogens is 4. The first-order valence-corrected chi connectivity index (χ1v) is 4.87. The number of nitrogens with zero attached hydrogens (tertiary/aromatic N) is 4. The zero-order chi connectivity index (χ0) is 11.8. The zero-order valence-electron chi connectivity index (χ0n) is 9.39. The van der Waals surface area contributed by atoms with Crippen molar-refractivity contribution in [2.45, 2.75) is 27.2 Å². The van der Waals surface area contributed by atoms with Crippen LogP contribution in [0.1, 0.15) is 26.6 Å². The molecule has 2 rings (SSSR count). The molecular weight excluding hydrogens is 210 g/mol. The molecule has 0 spiro atoms. The van der Waals surface area contributed by atoms with Gasteiger partial charge in [-0.3, -0.25) is 0 Å². The Morgan fingerprint density at radius 3 is 2.50 bits per heavy atom. The van der Waals surface area contributed by atoms with E-state index in [2.05, 4.69) is 45.9 Å². The topological polar surface area (TPSA) is 104 Å². The quantitative estimate of drug-likeness (QED) is 0.817. The van der Waals surface area contributed by atoms with Crippen LogP contribution in [0.5, 0.6) is 0 Å². The molecule has 0 saturated carbocycles. The van der Waals surface area contributed by atoms with E-state index in [1.165, 1.54) is 0 Å². The monoisotopic (exact) mass is 223 g/mol. The highest BCUT2D eigenvalue weighted by molar-refractivity contribution is 5.60. The molecule has 2 aromatic rings. The Kier molecular flexibility index (Phi) is 2.37. The van der Waals surface area contributed by atoms with Crippen molar-refractivity contribution in [2.24, 2.45) is 5.41 Å². The third kappa shape index (κ3) is 2.18. The molecule has 86 valence electrons. The SMILES string of the molecule is CC(C)(C)Cc1noc(-c2nonc2N)n1. The summed E-state index contributed by atoms with van der Waals surface area (Å²) >= 11 is 0. The Labute approximate surface area is 92.0 Å². The van der Waals surface area contributed by atoms with E-state index in [-0.39, 0.29) is 22.8 Å². The first-order chi connectivity index (χ1) is 7.46. The van der Waals surface area contributed by atoms with Gasteiger partial charge >= 0.3 is 0 Å². The maximum atomic E-state index is 5.51. The lowest BCUT2D eigenvalue weighted by Gasteiger charge is -2.14. The van der Waals surface area contributed by atoms with Gasteiger partial charge in [-0.15, -0.1) is 0 Å². The third-order valence-electron chi connectivity index (χ3n) is 1.87. The van der Waals surface area contributed by atoms with Crippen molar-refractivity contribution in [3.8, 4) is 11.6 Å². The molecule has 16 heavy (non-hydrogen) atoms. The zero-order valence-corrected chi connectivity index (χ0v) is 9.39. The van der Waals surface area contributed by atoms with Crippen LogP contribution >= 0.6 is 0 Å². The van der Waals surface area contributed by atoms with E-state index in [9.17, 15) is 0 Å². The second-order valence-corrected chi connectivity index (χ2v) is 4.75. The number of rotatable bonds is 2. The molecule has 2 aromatic heterocycles. The number of hydrogen-bond donors (Lipinski definition) is 1. The Balaban J connectivity index is 2.24. The van der Waals surface area contributed by atoms with Gasteiger partial charge in [-0.2, -0.15) is 4.98 Å². The number of nitrogen functional groups attached to an aromatic ring is 1. The maximum Gasteiger partial charge on any atom is 0.284 e. The Morgan fingerprint density at radius 2 is 1.94 bits per heavy atom. The summed E-state index contributed by atoms with van der Waals surface area (Å²) in [7, 11) is 0. The van der Waals surface area contributed by atoms with Crippen molar-refractivity contribution >= 4 is 5.82 Å². The van der Waals surface area contributed by atoms with Crippen LogP contribution in [0.15, 0.2) is 9.15 Å². The first-order valence-electron chi connectivity index (χ1n) is 4.87. The molecule has 0 aromatic carbocycles. The summed E-state index contributed by atoms with van der Waals surface area (Å²) in [4.78, 5) is 4.18. The highest BCUT2D eigenvalue weighted by Gasteiger charge is 2.20. The van der Waals surface area contributed by atoms with Gasteiger partial charge in [-0.05, 0) is 15.7 Å². The number of hydrogen-bond acceptors (Lipinski definition) is 7. The average Bonchev–Trinajstić information content (AvgIpc) is 2.71. The van der Waals surface area contributed by atoms with Crippen LogP contribution in [0.25, 0.3) is 11.6 Å². The smallest absolute Gasteiger partial charge is 0.284 e. The van der Waals surface area contributed by atoms with Crippen molar-refractivity contribution in [1.29, 1.82) is 0 Å². The molecule has 0 saturated heterocycles. The summed E-state index contributed by atoms with van der Waals surface area (Å²) in [5, 5.41) is 10.9. The summed E-state index contributed by atoms with van der Waals surface area (Å²) in [6, 6.07) is 0. The van der Waals surface area contributed by atoms with Gasteiger partial charge in [-0.25, -0.2) is 4.63 Å². The van der Waals surface area contributed by atoms with Gasteiger partial charge in [0.25, 0.3) is 5.89 Å². The lowest BCUT2D eigenvalue weighted by Crippen LogP contribution is -2.10. The lowest BCUT2D eigenvalue weighted by atomic mass is 9.92. The van der Waals surface area contributed by atoms with E-state index in [1.54, 1.807) is 0 Å². The van der Waals surface area contributed by atoms with Gasteiger partial charge in [0.2, 0.25) is 11.5 Å². The third-order valence-corrected chi connectivity index (χ3v) is 1.87. The van der Waals surface area contributed by atoms with Gasteiger partial charge in [-0.1, -0.05) is 25.9 Å². The highest BCUT2D eigenvalue weighted by atomic mass is 16.6. The van der Waals surface area contributed by atoms with Gasteiger partial charge in [0.1, 0.15) is 0 Å². The van der Waals surface area contributed by atoms with Crippen LogP contribution in [0.4, 0.5) is 5.82 Å². The van der Waals surface area contributed by atoms with Crippen molar-refractivity contribution in [3.05, 3.63) is 5.82 Å². The Bertz CT molecular complexity index is 482. The minimum absolute atomic E-state index is 0.0920. The normalized spacial score (nSPS) is 11.9. The fourth-order valence-electron chi connectivity index (χ4n) is 1.24. The van der Waals surface area contributed by atoms with Crippen LogP contribution in [-0.4, -0.2) is 20.5 Å². The summed E-state index contributed by atoms with van der Waals surface area (Å²) < 4.78 is 9.49. The fourth-order valence-corrected chi connectivity index (χ4v) is 1.24. The Hall–Kier alpha value is -1.92. The summed E-state index contributed by atoms with van der Waals surface area (Å²) in [6.45, 7) is 6.28. The fraction of sp³-hybridized carbons (Fsp3) is 0.556. The lowest BCUT2D eigenvalue weighted by molar-refractivity contribution is 0.308. The molecule has 0 radical (unpaired) electrons. The van der Waals surface area contributed by atoms with Gasteiger partial charge in [0.05, 0.1) is 0 Å². The minimum atomic E-state index is 0.0920. The van der Waals surface area contributed by atoms with Gasteiger partial charge < -0.3 is 10.3 Å². The highest BCUT2D eigenvalue weighted by Crippen LogP contribution is 2.23. The molecule has 0 atom stereocenters. The molecular formula is C9H13N5O2. The van der Waals surface area contributed by atoms with E-state index in [0.717, 1.165) is 0 Å². The molecule has 2 N–H and O–H groups in total. The molecule has 7 nitrogen and oxygen atoms in total. The van der Waals surface area contributed by atoms with Crippen molar-refractivity contribution in [1.82, 2.24) is 20.5 Å². The molecule has 0 bridgehead atoms. The molecule has 7 heteroatoms. The molecule has 0 unspecified atom stereocenters. The first kappa shape index (κ1) is 10.6. The van der Waals surface area contributed by atoms with Crippen molar-refractivity contribution in [3.63, 3.8) is 0 Å². The van der Waals surface area contributed by atoms with Crippen molar-refractivity contribution in [2.75, 3.05) is 5.73 Å². The van der Waals surface area contributed by atoms with Crippen molar-refractivity contribution < 1.29 is 9.15 Å². The van der Waals surface area contributed by atoms with E-state index in [4.69, 9.17) is 10.3 Å². The predicted molar refractivity (Wildman–Crippen MR) is 55.2 cm³/mol. The second kappa shape index (κ2) is 3.58. The van der Waals surface area contributed by atoms with Crippen LogP contribution in [-0.2, 0) is 6.42 Å². The average molecular weight is 223 g/mol. The van der Waals surface area contributed by atoms with E-state index in [1.807, 2.05) is 0 Å². The minimum Gasteiger partial charge on any atom is -0.379 e. The van der Waals surface area contributed by atoms with E-state index in [0.29, 0.717) is 12.2 Å². The summed E-state index contributed by atoms with van der Waals surface area (Å²) in [5.41, 5.74) is 5.89. The maximum absolute atomic E-state index is 5.51. The molecule has 0 aliphatic rings. The largest absolute Gasteiger partial charge is 0.379 e. The Morgan fingerprint density at radius 1 is 1.19 bits per heavy atom. The number of anilines is 1. The predicted octanol–water partition coefficient (Wildman–Crippen LogP) is 1.29. The van der Waals surface area contributed by atoms with E-state index < -0.39 is 0 Å². The molecule has 2 heterocycles. The summed E-state index contributed by atoms with van der Waals surface area (Å²) in [5.74, 6) is 0.994. The summed E-state index contributed by atoms with van der Waals surface area (Å²) in [6.07, 6.45) is 0.710. The molecule has 0 fully saturated rings. The molecule has 0 aliphatic heterocycles. The van der Waals surface area contributed by atoms with Gasteiger partial charge in [0.15, 0.2) is 5.82 Å². The van der Waals surface area contributed by atoms with Crippen LogP contribution in [0.3, 0.4) is 0 Å². The molecule has 0 amide bonds. The standard InChI is InChI=1S/C9H13N5O2/c1-9(2,3)4-5-11-8(15-12-5)6-7(10)14-16-13-6/h4H2,1-3H3,(H2,10,14).